The molecule has 6 heteroatoms. The molecule has 1 aliphatic rings. The predicted octanol–water partition coefficient (Wildman–Crippen LogP) is 3.47. The molecule has 1 atom stereocenters. The molecule has 1 aromatic carbocycles. The van der Waals surface area contributed by atoms with E-state index in [4.69, 9.17) is 9.73 Å². The standard InChI is InChI=1S/C23H38FN3O2/c1-4-25-22(26-16-19(8-11-28)14-18(2)3)27-17-23(9-12-29-13-10-23)20-6-5-7-21(24)15-20/h5-7,15,18-19,28H,4,8-14,16-17H2,1-3H3,(H2,25,26,27). The third kappa shape index (κ3) is 7.59. The maximum Gasteiger partial charge on any atom is 0.191 e. The molecule has 1 fully saturated rings. The summed E-state index contributed by atoms with van der Waals surface area (Å²) in [5.41, 5.74) is 0.795. The minimum Gasteiger partial charge on any atom is -0.396 e. The molecular weight excluding hydrogens is 369 g/mol. The summed E-state index contributed by atoms with van der Waals surface area (Å²) >= 11 is 0. The third-order valence-electron chi connectivity index (χ3n) is 5.67. The number of guanidine groups is 1. The van der Waals surface area contributed by atoms with Crippen LogP contribution in [0.3, 0.4) is 0 Å². The Kier molecular flexibility index (Phi) is 9.88. The number of ether oxygens (including phenoxy) is 1. The Morgan fingerprint density at radius 3 is 2.66 bits per heavy atom. The van der Waals surface area contributed by atoms with Gasteiger partial charge in [-0.15, -0.1) is 0 Å². The van der Waals surface area contributed by atoms with Crippen molar-refractivity contribution in [3.8, 4) is 0 Å². The zero-order valence-corrected chi connectivity index (χ0v) is 18.2. The van der Waals surface area contributed by atoms with Gasteiger partial charge in [-0.2, -0.15) is 0 Å². The Labute approximate surface area is 175 Å². The molecule has 2 rings (SSSR count). The second-order valence-electron chi connectivity index (χ2n) is 8.49. The van der Waals surface area contributed by atoms with Crippen molar-refractivity contribution < 1.29 is 14.2 Å². The van der Waals surface area contributed by atoms with Crippen LogP contribution >= 0.6 is 0 Å². The monoisotopic (exact) mass is 407 g/mol. The van der Waals surface area contributed by atoms with Gasteiger partial charge in [0, 0.05) is 38.3 Å². The summed E-state index contributed by atoms with van der Waals surface area (Å²) in [5.74, 6) is 1.57. The average molecular weight is 408 g/mol. The highest BCUT2D eigenvalue weighted by Crippen LogP contribution is 2.35. The molecule has 5 nitrogen and oxygen atoms in total. The first-order valence-corrected chi connectivity index (χ1v) is 11.0. The summed E-state index contributed by atoms with van der Waals surface area (Å²) < 4.78 is 19.5. The van der Waals surface area contributed by atoms with Crippen molar-refractivity contribution in [2.75, 3.05) is 39.5 Å². The van der Waals surface area contributed by atoms with Crippen molar-refractivity contribution in [1.29, 1.82) is 0 Å². The highest BCUT2D eigenvalue weighted by atomic mass is 19.1. The SMILES string of the molecule is CCNC(=NCC1(c2cccc(F)c2)CCOCC1)NCC(CCO)CC(C)C. The van der Waals surface area contributed by atoms with Gasteiger partial charge in [0.25, 0.3) is 0 Å². The van der Waals surface area contributed by atoms with Crippen LogP contribution in [0.1, 0.15) is 52.0 Å². The van der Waals surface area contributed by atoms with Crippen LogP contribution in [0.2, 0.25) is 0 Å². The van der Waals surface area contributed by atoms with E-state index >= 15 is 0 Å². The highest BCUT2D eigenvalue weighted by Gasteiger charge is 2.34. The zero-order chi connectivity index (χ0) is 21.1. The minimum atomic E-state index is -0.206. The predicted molar refractivity (Wildman–Crippen MR) is 117 cm³/mol. The average Bonchev–Trinajstić information content (AvgIpc) is 2.70. The van der Waals surface area contributed by atoms with Gasteiger partial charge in [0.1, 0.15) is 5.82 Å². The number of aliphatic hydroxyl groups excluding tert-OH is 1. The maximum atomic E-state index is 13.9. The number of halogens is 1. The van der Waals surface area contributed by atoms with E-state index < -0.39 is 0 Å². The summed E-state index contributed by atoms with van der Waals surface area (Å²) in [4.78, 5) is 4.88. The summed E-state index contributed by atoms with van der Waals surface area (Å²) in [5, 5.41) is 16.1. The lowest BCUT2D eigenvalue weighted by Gasteiger charge is -2.36. The molecule has 29 heavy (non-hydrogen) atoms. The van der Waals surface area contributed by atoms with E-state index in [1.165, 1.54) is 6.07 Å². The van der Waals surface area contributed by atoms with Crippen molar-refractivity contribution in [1.82, 2.24) is 10.6 Å². The molecule has 0 saturated carbocycles. The number of rotatable bonds is 10. The lowest BCUT2D eigenvalue weighted by atomic mass is 9.74. The van der Waals surface area contributed by atoms with Crippen LogP contribution in [0.25, 0.3) is 0 Å². The van der Waals surface area contributed by atoms with E-state index in [1.54, 1.807) is 12.1 Å². The second kappa shape index (κ2) is 12.1. The molecular formula is C23H38FN3O2. The molecule has 1 aromatic rings. The van der Waals surface area contributed by atoms with Gasteiger partial charge >= 0.3 is 0 Å². The number of aliphatic hydroxyl groups is 1. The smallest absolute Gasteiger partial charge is 0.191 e. The first-order chi connectivity index (χ1) is 14.0. The number of hydrogen-bond acceptors (Lipinski definition) is 3. The third-order valence-corrected chi connectivity index (χ3v) is 5.67. The largest absolute Gasteiger partial charge is 0.396 e. The summed E-state index contributed by atoms with van der Waals surface area (Å²) in [7, 11) is 0. The Hall–Kier alpha value is -1.66. The summed E-state index contributed by atoms with van der Waals surface area (Å²) in [6.07, 6.45) is 3.52. The Morgan fingerprint density at radius 2 is 2.03 bits per heavy atom. The van der Waals surface area contributed by atoms with Crippen molar-refractivity contribution in [3.63, 3.8) is 0 Å². The van der Waals surface area contributed by atoms with Gasteiger partial charge in [0.05, 0.1) is 6.54 Å². The van der Waals surface area contributed by atoms with Gasteiger partial charge in [-0.25, -0.2) is 4.39 Å². The minimum absolute atomic E-state index is 0.203. The van der Waals surface area contributed by atoms with Crippen molar-refractivity contribution in [2.24, 2.45) is 16.8 Å². The quantitative estimate of drug-likeness (QED) is 0.410. The van der Waals surface area contributed by atoms with Crippen molar-refractivity contribution >= 4 is 5.96 Å². The molecule has 0 bridgehead atoms. The number of hydrogen-bond donors (Lipinski definition) is 3. The topological polar surface area (TPSA) is 65.9 Å². The van der Waals surface area contributed by atoms with E-state index in [0.717, 1.165) is 50.3 Å². The van der Waals surface area contributed by atoms with E-state index in [9.17, 15) is 9.50 Å². The lowest BCUT2D eigenvalue weighted by Crippen LogP contribution is -2.42. The number of nitrogens with zero attached hydrogens (tertiary/aromatic N) is 1. The van der Waals surface area contributed by atoms with Gasteiger partial charge in [-0.3, -0.25) is 4.99 Å². The normalized spacial score (nSPS) is 17.9. The van der Waals surface area contributed by atoms with Gasteiger partial charge < -0.3 is 20.5 Å². The van der Waals surface area contributed by atoms with Crippen LogP contribution in [0.5, 0.6) is 0 Å². The lowest BCUT2D eigenvalue weighted by molar-refractivity contribution is 0.0530. The van der Waals surface area contributed by atoms with Crippen LogP contribution in [0.15, 0.2) is 29.3 Å². The molecule has 1 aliphatic heterocycles. The summed E-state index contributed by atoms with van der Waals surface area (Å²) in [6, 6.07) is 6.91. The zero-order valence-electron chi connectivity index (χ0n) is 18.2. The molecule has 0 aromatic heterocycles. The number of nitrogens with one attached hydrogen (secondary N) is 2. The van der Waals surface area contributed by atoms with Crippen LogP contribution in [0, 0.1) is 17.7 Å². The van der Waals surface area contributed by atoms with E-state index in [1.807, 2.05) is 13.0 Å². The Bertz CT molecular complexity index is 630. The Balaban J connectivity index is 2.12. The van der Waals surface area contributed by atoms with Crippen LogP contribution in [-0.4, -0.2) is 50.5 Å². The first kappa shape index (κ1) is 23.6. The molecule has 1 heterocycles. The number of aliphatic imine (C=N–C) groups is 1. The Morgan fingerprint density at radius 1 is 1.28 bits per heavy atom. The van der Waals surface area contributed by atoms with Gasteiger partial charge in [-0.05, 0) is 62.1 Å². The summed E-state index contributed by atoms with van der Waals surface area (Å²) in [6.45, 7) is 10.1. The van der Waals surface area contributed by atoms with Crippen LogP contribution in [-0.2, 0) is 10.2 Å². The maximum absolute atomic E-state index is 13.9. The molecule has 3 N–H and O–H groups in total. The molecule has 1 unspecified atom stereocenters. The second-order valence-corrected chi connectivity index (χ2v) is 8.49. The molecule has 0 spiro atoms. The fourth-order valence-corrected chi connectivity index (χ4v) is 4.08. The molecule has 1 saturated heterocycles. The molecule has 164 valence electrons. The fourth-order valence-electron chi connectivity index (χ4n) is 4.08. The van der Waals surface area contributed by atoms with Gasteiger partial charge in [-0.1, -0.05) is 26.0 Å². The van der Waals surface area contributed by atoms with Gasteiger partial charge in [0.2, 0.25) is 0 Å². The molecule has 0 amide bonds. The van der Waals surface area contributed by atoms with Crippen molar-refractivity contribution in [3.05, 3.63) is 35.6 Å². The first-order valence-electron chi connectivity index (χ1n) is 11.0. The number of benzene rings is 1. The van der Waals surface area contributed by atoms with E-state index in [0.29, 0.717) is 31.6 Å². The van der Waals surface area contributed by atoms with E-state index in [-0.39, 0.29) is 17.8 Å². The highest BCUT2D eigenvalue weighted by molar-refractivity contribution is 5.79. The van der Waals surface area contributed by atoms with Crippen molar-refractivity contribution in [2.45, 2.75) is 51.9 Å². The van der Waals surface area contributed by atoms with Gasteiger partial charge in [0.15, 0.2) is 5.96 Å². The van der Waals surface area contributed by atoms with E-state index in [2.05, 4.69) is 24.5 Å². The molecule has 0 aliphatic carbocycles. The van der Waals surface area contributed by atoms with Crippen LogP contribution in [0.4, 0.5) is 4.39 Å². The van der Waals surface area contributed by atoms with Crippen LogP contribution < -0.4 is 10.6 Å². The molecule has 0 radical (unpaired) electrons. The fraction of sp³-hybridized carbons (Fsp3) is 0.696.